The summed E-state index contributed by atoms with van der Waals surface area (Å²) in [6.07, 6.45) is 0. The lowest BCUT2D eigenvalue weighted by molar-refractivity contribution is 0.0716. The molecule has 0 saturated heterocycles. The molecular formula is C24H20O7. The molecule has 7 heteroatoms. The van der Waals surface area contributed by atoms with Crippen LogP contribution in [0.2, 0.25) is 0 Å². The number of benzene rings is 3. The van der Waals surface area contributed by atoms with Crippen molar-refractivity contribution in [2.75, 3.05) is 14.2 Å². The third kappa shape index (κ3) is 5.27. The van der Waals surface area contributed by atoms with Gasteiger partial charge in [0.15, 0.2) is 5.78 Å². The van der Waals surface area contributed by atoms with E-state index in [0.717, 1.165) is 0 Å². The molecule has 0 fully saturated rings. The fourth-order valence-corrected chi connectivity index (χ4v) is 2.72. The zero-order chi connectivity index (χ0) is 22.4. The van der Waals surface area contributed by atoms with Gasteiger partial charge in [-0.15, -0.1) is 0 Å². The van der Waals surface area contributed by atoms with Gasteiger partial charge in [-0.05, 0) is 73.7 Å². The molecule has 0 heterocycles. The maximum atomic E-state index is 12.4. The Morgan fingerprint density at radius 3 is 1.52 bits per heavy atom. The van der Waals surface area contributed by atoms with Crippen molar-refractivity contribution in [3.63, 3.8) is 0 Å². The van der Waals surface area contributed by atoms with Crippen LogP contribution in [0.15, 0.2) is 66.7 Å². The molecular weight excluding hydrogens is 400 g/mol. The minimum atomic E-state index is -0.631. The molecule has 0 bridgehead atoms. The summed E-state index contributed by atoms with van der Waals surface area (Å²) in [6, 6.07) is 17.0. The van der Waals surface area contributed by atoms with Crippen LogP contribution in [0.1, 0.15) is 38.0 Å². The molecule has 0 spiro atoms. The first kappa shape index (κ1) is 21.6. The largest absolute Gasteiger partial charge is 0.497 e. The molecule has 158 valence electrons. The maximum absolute atomic E-state index is 12.4. The van der Waals surface area contributed by atoms with E-state index in [1.165, 1.54) is 39.3 Å². The molecule has 0 radical (unpaired) electrons. The van der Waals surface area contributed by atoms with Gasteiger partial charge in [0.2, 0.25) is 0 Å². The summed E-state index contributed by atoms with van der Waals surface area (Å²) in [5, 5.41) is 0. The topological polar surface area (TPSA) is 88.1 Å². The SMILES string of the molecule is COc1ccc(C(=O)Oc2ccc(OC(=O)c3ccc(OC)cc3)c(C(C)=O)c2)cc1. The zero-order valence-corrected chi connectivity index (χ0v) is 17.2. The van der Waals surface area contributed by atoms with Crippen LogP contribution in [-0.4, -0.2) is 31.9 Å². The van der Waals surface area contributed by atoms with E-state index in [2.05, 4.69) is 0 Å². The van der Waals surface area contributed by atoms with Gasteiger partial charge in [0, 0.05) is 0 Å². The summed E-state index contributed by atoms with van der Waals surface area (Å²) >= 11 is 0. The van der Waals surface area contributed by atoms with Crippen LogP contribution in [0.4, 0.5) is 0 Å². The van der Waals surface area contributed by atoms with Crippen LogP contribution < -0.4 is 18.9 Å². The Morgan fingerprint density at radius 1 is 0.613 bits per heavy atom. The lowest BCUT2D eigenvalue weighted by Gasteiger charge is -2.11. The highest BCUT2D eigenvalue weighted by atomic mass is 16.5. The molecule has 0 atom stereocenters. The predicted octanol–water partition coefficient (Wildman–Crippen LogP) is 4.34. The van der Waals surface area contributed by atoms with E-state index in [1.54, 1.807) is 48.5 Å². The van der Waals surface area contributed by atoms with Gasteiger partial charge < -0.3 is 18.9 Å². The first-order chi connectivity index (χ1) is 14.9. The quantitative estimate of drug-likeness (QED) is 0.319. The normalized spacial score (nSPS) is 10.2. The van der Waals surface area contributed by atoms with E-state index in [-0.39, 0.29) is 22.8 Å². The summed E-state index contributed by atoms with van der Waals surface area (Å²) in [4.78, 5) is 36.9. The Hall–Kier alpha value is -4.13. The summed E-state index contributed by atoms with van der Waals surface area (Å²) in [5.41, 5.74) is 0.729. The molecule has 3 aromatic carbocycles. The first-order valence-corrected chi connectivity index (χ1v) is 9.28. The van der Waals surface area contributed by atoms with E-state index in [1.807, 2.05) is 0 Å². The summed E-state index contributed by atoms with van der Waals surface area (Å²) in [5.74, 6) is -0.150. The number of Topliss-reactive ketones (excluding diaryl/α,β-unsaturated/α-hetero) is 1. The van der Waals surface area contributed by atoms with Crippen LogP contribution in [-0.2, 0) is 0 Å². The number of methoxy groups -OCH3 is 2. The van der Waals surface area contributed by atoms with Crippen LogP contribution in [0, 0.1) is 0 Å². The number of hydrogen-bond acceptors (Lipinski definition) is 7. The fraction of sp³-hybridized carbons (Fsp3) is 0.125. The van der Waals surface area contributed by atoms with Crippen molar-refractivity contribution in [2.45, 2.75) is 6.92 Å². The molecule has 0 amide bonds. The second-order valence-corrected chi connectivity index (χ2v) is 6.45. The van der Waals surface area contributed by atoms with Gasteiger partial charge in [-0.3, -0.25) is 4.79 Å². The third-order valence-electron chi connectivity index (χ3n) is 4.39. The first-order valence-electron chi connectivity index (χ1n) is 9.28. The Kier molecular flexibility index (Phi) is 6.67. The Morgan fingerprint density at radius 2 is 1.06 bits per heavy atom. The van der Waals surface area contributed by atoms with Crippen molar-refractivity contribution in [1.29, 1.82) is 0 Å². The lowest BCUT2D eigenvalue weighted by Crippen LogP contribution is -2.12. The van der Waals surface area contributed by atoms with Crippen LogP contribution in [0.5, 0.6) is 23.0 Å². The second kappa shape index (κ2) is 9.58. The molecule has 3 rings (SSSR count). The number of hydrogen-bond donors (Lipinski definition) is 0. The number of esters is 2. The van der Waals surface area contributed by atoms with Gasteiger partial charge in [0.1, 0.15) is 23.0 Å². The molecule has 0 aliphatic carbocycles. The molecule has 31 heavy (non-hydrogen) atoms. The molecule has 0 saturated carbocycles. The second-order valence-electron chi connectivity index (χ2n) is 6.45. The molecule has 0 unspecified atom stereocenters. The minimum absolute atomic E-state index is 0.0672. The van der Waals surface area contributed by atoms with Crippen molar-refractivity contribution in [3.05, 3.63) is 83.4 Å². The molecule has 0 aliphatic rings. The van der Waals surface area contributed by atoms with Gasteiger partial charge in [0.25, 0.3) is 0 Å². The van der Waals surface area contributed by atoms with Gasteiger partial charge in [-0.2, -0.15) is 0 Å². The fourth-order valence-electron chi connectivity index (χ4n) is 2.72. The van der Waals surface area contributed by atoms with Crippen molar-refractivity contribution in [3.8, 4) is 23.0 Å². The van der Waals surface area contributed by atoms with Gasteiger partial charge in [-0.25, -0.2) is 9.59 Å². The summed E-state index contributed by atoms with van der Waals surface area (Å²) in [6.45, 7) is 1.33. The highest BCUT2D eigenvalue weighted by Gasteiger charge is 2.17. The standard InChI is InChI=1S/C24H20O7/c1-15(25)21-14-20(30-23(26)16-4-8-18(28-2)9-5-16)12-13-22(21)31-24(27)17-6-10-19(29-3)11-7-17/h4-14H,1-3H3. The highest BCUT2D eigenvalue weighted by molar-refractivity contribution is 5.99. The summed E-state index contributed by atoms with van der Waals surface area (Å²) in [7, 11) is 3.05. The molecule has 0 aromatic heterocycles. The van der Waals surface area contributed by atoms with Crippen molar-refractivity contribution < 1.29 is 33.3 Å². The number of carbonyl (C=O) groups excluding carboxylic acids is 3. The van der Waals surface area contributed by atoms with Crippen LogP contribution in [0.3, 0.4) is 0 Å². The number of ketones is 1. The van der Waals surface area contributed by atoms with Crippen molar-refractivity contribution >= 4 is 17.7 Å². The van der Waals surface area contributed by atoms with Crippen LogP contribution >= 0.6 is 0 Å². The molecule has 0 aliphatic heterocycles. The van der Waals surface area contributed by atoms with Gasteiger partial charge in [-0.1, -0.05) is 0 Å². The van der Waals surface area contributed by atoms with Crippen molar-refractivity contribution in [2.24, 2.45) is 0 Å². The average Bonchev–Trinajstić information content (AvgIpc) is 2.79. The van der Waals surface area contributed by atoms with Gasteiger partial charge in [0.05, 0.1) is 30.9 Å². The lowest BCUT2D eigenvalue weighted by atomic mass is 10.1. The Balaban J connectivity index is 1.77. The van der Waals surface area contributed by atoms with Gasteiger partial charge >= 0.3 is 11.9 Å². The third-order valence-corrected chi connectivity index (χ3v) is 4.39. The van der Waals surface area contributed by atoms with Crippen molar-refractivity contribution in [1.82, 2.24) is 0 Å². The molecule has 3 aromatic rings. The zero-order valence-electron chi connectivity index (χ0n) is 17.2. The summed E-state index contributed by atoms with van der Waals surface area (Å²) < 4.78 is 20.9. The monoisotopic (exact) mass is 420 g/mol. The van der Waals surface area contributed by atoms with E-state index in [0.29, 0.717) is 22.6 Å². The van der Waals surface area contributed by atoms with E-state index < -0.39 is 11.9 Å². The average molecular weight is 420 g/mol. The van der Waals surface area contributed by atoms with Crippen LogP contribution in [0.25, 0.3) is 0 Å². The predicted molar refractivity (Wildman–Crippen MR) is 112 cm³/mol. The smallest absolute Gasteiger partial charge is 0.343 e. The molecule has 7 nitrogen and oxygen atoms in total. The van der Waals surface area contributed by atoms with E-state index in [9.17, 15) is 14.4 Å². The maximum Gasteiger partial charge on any atom is 0.343 e. The minimum Gasteiger partial charge on any atom is -0.497 e. The van der Waals surface area contributed by atoms with E-state index >= 15 is 0 Å². The Bertz CT molecular complexity index is 1100. The molecule has 0 N–H and O–H groups in total. The number of carbonyl (C=O) groups is 3. The number of rotatable bonds is 7. The number of ether oxygens (including phenoxy) is 4. The van der Waals surface area contributed by atoms with E-state index in [4.69, 9.17) is 18.9 Å². The Labute approximate surface area is 179 Å². The highest BCUT2D eigenvalue weighted by Crippen LogP contribution is 2.27.